The Labute approximate surface area is 126 Å². The van der Waals surface area contributed by atoms with Gasteiger partial charge in [-0.25, -0.2) is 4.39 Å². The third kappa shape index (κ3) is 5.26. The number of aliphatic hydroxyl groups is 1. The lowest BCUT2D eigenvalue weighted by molar-refractivity contribution is 0.189. The zero-order valence-electron chi connectivity index (χ0n) is 13.4. The van der Waals surface area contributed by atoms with Gasteiger partial charge in [-0.05, 0) is 38.0 Å². The number of anilines is 1. The van der Waals surface area contributed by atoms with Crippen molar-refractivity contribution in [1.29, 1.82) is 0 Å². The maximum absolute atomic E-state index is 13.8. The van der Waals surface area contributed by atoms with Crippen LogP contribution in [-0.4, -0.2) is 45.6 Å². The van der Waals surface area contributed by atoms with E-state index in [-0.39, 0.29) is 5.82 Å². The molecule has 1 atom stereocenters. The lowest BCUT2D eigenvalue weighted by Gasteiger charge is -2.28. The van der Waals surface area contributed by atoms with Crippen LogP contribution in [0.4, 0.5) is 10.1 Å². The zero-order valence-corrected chi connectivity index (χ0v) is 13.4. The van der Waals surface area contributed by atoms with Gasteiger partial charge in [-0.2, -0.15) is 0 Å². The average Bonchev–Trinajstić information content (AvgIpc) is 2.45. The summed E-state index contributed by atoms with van der Waals surface area (Å²) < 4.78 is 24.0. The highest BCUT2D eigenvalue weighted by Crippen LogP contribution is 2.29. The van der Waals surface area contributed by atoms with Gasteiger partial charge in [-0.15, -0.1) is 0 Å². The predicted octanol–water partition coefficient (Wildman–Crippen LogP) is 2.68. The molecule has 0 aliphatic carbocycles. The normalized spacial score (nSPS) is 12.5. The van der Waals surface area contributed by atoms with Gasteiger partial charge in [-0.3, -0.25) is 0 Å². The Balaban J connectivity index is 3.05. The molecule has 1 unspecified atom stereocenters. The Morgan fingerprint density at radius 1 is 1.19 bits per heavy atom. The largest absolute Gasteiger partial charge is 0.389 e. The van der Waals surface area contributed by atoms with E-state index in [4.69, 9.17) is 9.47 Å². The summed E-state index contributed by atoms with van der Waals surface area (Å²) >= 11 is 0. The van der Waals surface area contributed by atoms with Crippen LogP contribution < -0.4 is 4.90 Å². The monoisotopic (exact) mass is 299 g/mol. The molecule has 1 N–H and O–H groups in total. The fraction of sp³-hybridized carbons (Fsp3) is 0.625. The lowest BCUT2D eigenvalue weighted by Crippen LogP contribution is -2.30. The van der Waals surface area contributed by atoms with Crippen LogP contribution in [0.25, 0.3) is 0 Å². The van der Waals surface area contributed by atoms with Gasteiger partial charge in [0.05, 0.1) is 12.7 Å². The van der Waals surface area contributed by atoms with Crippen molar-refractivity contribution in [1.82, 2.24) is 0 Å². The van der Waals surface area contributed by atoms with Gasteiger partial charge in [0.1, 0.15) is 5.82 Å². The second-order valence-electron chi connectivity index (χ2n) is 5.16. The summed E-state index contributed by atoms with van der Waals surface area (Å²) in [5.74, 6) is -0.293. The molecule has 0 fully saturated rings. The van der Waals surface area contributed by atoms with Crippen LogP contribution in [0, 0.1) is 12.7 Å². The summed E-state index contributed by atoms with van der Waals surface area (Å²) in [5, 5.41) is 9.92. The summed E-state index contributed by atoms with van der Waals surface area (Å²) in [6.07, 6.45) is 0.137. The summed E-state index contributed by atoms with van der Waals surface area (Å²) in [7, 11) is 3.32. The number of aryl methyl sites for hydroxylation is 1. The quantitative estimate of drug-likeness (QED) is 0.712. The van der Waals surface area contributed by atoms with Crippen molar-refractivity contribution >= 4 is 5.69 Å². The highest BCUT2D eigenvalue weighted by molar-refractivity contribution is 5.56. The fourth-order valence-corrected chi connectivity index (χ4v) is 2.24. The molecule has 1 aromatic rings. The number of benzene rings is 1. The Hall–Kier alpha value is -1.17. The van der Waals surface area contributed by atoms with Crippen molar-refractivity contribution in [3.05, 3.63) is 29.1 Å². The molecule has 0 bridgehead atoms. The molecule has 5 heteroatoms. The number of hydrogen-bond acceptors (Lipinski definition) is 4. The first-order chi connectivity index (χ1) is 10.0. The van der Waals surface area contributed by atoms with E-state index in [1.54, 1.807) is 34.1 Å². The van der Waals surface area contributed by atoms with E-state index in [2.05, 4.69) is 4.90 Å². The molecule has 1 aromatic carbocycles. The van der Waals surface area contributed by atoms with Gasteiger partial charge in [0.25, 0.3) is 0 Å². The van der Waals surface area contributed by atoms with Gasteiger partial charge >= 0.3 is 0 Å². The number of halogens is 1. The van der Waals surface area contributed by atoms with Crippen molar-refractivity contribution in [2.75, 3.05) is 45.4 Å². The minimum Gasteiger partial charge on any atom is -0.389 e. The van der Waals surface area contributed by atoms with Crippen LogP contribution in [0.15, 0.2) is 12.1 Å². The van der Waals surface area contributed by atoms with Gasteiger partial charge in [0.2, 0.25) is 0 Å². The van der Waals surface area contributed by atoms with Crippen LogP contribution in [0.3, 0.4) is 0 Å². The fourth-order valence-electron chi connectivity index (χ4n) is 2.24. The second-order valence-corrected chi connectivity index (χ2v) is 5.16. The third-order valence-electron chi connectivity index (χ3n) is 3.44. The molecule has 0 saturated heterocycles. The highest BCUT2D eigenvalue weighted by Gasteiger charge is 2.17. The van der Waals surface area contributed by atoms with E-state index in [1.165, 1.54) is 6.07 Å². The minimum absolute atomic E-state index is 0.293. The first kappa shape index (κ1) is 17.9. The molecule has 0 amide bonds. The zero-order chi connectivity index (χ0) is 15.8. The third-order valence-corrected chi connectivity index (χ3v) is 3.44. The van der Waals surface area contributed by atoms with Gasteiger partial charge < -0.3 is 19.5 Å². The first-order valence-electron chi connectivity index (χ1n) is 7.22. The molecule has 0 aromatic heterocycles. The second kappa shape index (κ2) is 8.97. The summed E-state index contributed by atoms with van der Waals surface area (Å²) in [4.78, 5) is 2.11. The van der Waals surface area contributed by atoms with Crippen LogP contribution in [0.5, 0.6) is 0 Å². The molecule has 1 rings (SSSR count). The smallest absolute Gasteiger partial charge is 0.126 e. The molecule has 0 heterocycles. The molecule has 0 aliphatic rings. The van der Waals surface area contributed by atoms with Crippen molar-refractivity contribution in [2.45, 2.75) is 26.4 Å². The molecule has 4 nitrogen and oxygen atoms in total. The van der Waals surface area contributed by atoms with Crippen molar-refractivity contribution < 1.29 is 19.0 Å². The van der Waals surface area contributed by atoms with Crippen molar-refractivity contribution in [3.8, 4) is 0 Å². The van der Waals surface area contributed by atoms with E-state index in [9.17, 15) is 9.50 Å². The minimum atomic E-state index is -0.720. The molecule has 0 spiro atoms. The maximum Gasteiger partial charge on any atom is 0.126 e. The van der Waals surface area contributed by atoms with E-state index >= 15 is 0 Å². The Morgan fingerprint density at radius 2 is 1.86 bits per heavy atom. The summed E-state index contributed by atoms with van der Waals surface area (Å²) in [6, 6.07) is 3.21. The molecular weight excluding hydrogens is 273 g/mol. The average molecular weight is 299 g/mol. The molecule has 0 radical (unpaired) electrons. The SMILES string of the molecule is COCCCN(CCOC)c1cc(C)c(F)cc1C(C)O. The molecular formula is C16H26FNO3. The number of ether oxygens (including phenoxy) is 2. The summed E-state index contributed by atoms with van der Waals surface area (Å²) in [5.41, 5.74) is 2.03. The number of rotatable bonds is 9. The number of nitrogens with zero attached hydrogens (tertiary/aromatic N) is 1. The highest BCUT2D eigenvalue weighted by atomic mass is 19.1. The molecule has 21 heavy (non-hydrogen) atoms. The van der Waals surface area contributed by atoms with E-state index in [0.717, 1.165) is 18.7 Å². The number of aliphatic hydroxyl groups excluding tert-OH is 1. The van der Waals surface area contributed by atoms with Crippen molar-refractivity contribution in [2.24, 2.45) is 0 Å². The van der Waals surface area contributed by atoms with Gasteiger partial charge in [-0.1, -0.05) is 0 Å². The molecule has 120 valence electrons. The predicted molar refractivity (Wildman–Crippen MR) is 82.4 cm³/mol. The number of hydrogen-bond donors (Lipinski definition) is 1. The van der Waals surface area contributed by atoms with E-state index < -0.39 is 6.10 Å². The lowest BCUT2D eigenvalue weighted by atomic mass is 10.0. The van der Waals surface area contributed by atoms with Crippen LogP contribution in [-0.2, 0) is 9.47 Å². The van der Waals surface area contributed by atoms with Gasteiger partial charge in [0.15, 0.2) is 0 Å². The van der Waals surface area contributed by atoms with E-state index in [1.807, 2.05) is 0 Å². The van der Waals surface area contributed by atoms with Crippen LogP contribution in [0.1, 0.15) is 30.6 Å². The Morgan fingerprint density at radius 3 is 2.43 bits per heavy atom. The topological polar surface area (TPSA) is 41.9 Å². The maximum atomic E-state index is 13.8. The van der Waals surface area contributed by atoms with E-state index in [0.29, 0.717) is 30.9 Å². The number of methoxy groups -OCH3 is 2. The van der Waals surface area contributed by atoms with Crippen LogP contribution in [0.2, 0.25) is 0 Å². The van der Waals surface area contributed by atoms with Gasteiger partial charge in [0, 0.05) is 45.2 Å². The standard InChI is InChI=1S/C16H26FNO3/c1-12-10-16(14(13(2)19)11-15(12)17)18(7-9-21-4)6-5-8-20-3/h10-11,13,19H,5-9H2,1-4H3. The first-order valence-corrected chi connectivity index (χ1v) is 7.22. The Kier molecular flexibility index (Phi) is 7.64. The van der Waals surface area contributed by atoms with Crippen LogP contribution >= 0.6 is 0 Å². The molecule has 0 aliphatic heterocycles. The Bertz CT molecular complexity index is 438. The summed E-state index contributed by atoms with van der Waals surface area (Å²) in [6.45, 7) is 6.06. The molecule has 0 saturated carbocycles. The van der Waals surface area contributed by atoms with Crippen molar-refractivity contribution in [3.63, 3.8) is 0 Å².